The molecule has 0 amide bonds. The van der Waals surface area contributed by atoms with Gasteiger partial charge in [-0.15, -0.1) is 0 Å². The molecule has 0 saturated heterocycles. The zero-order valence-corrected chi connectivity index (χ0v) is 12.6. The zero-order chi connectivity index (χ0) is 13.5. The van der Waals surface area contributed by atoms with Crippen LogP contribution in [0.2, 0.25) is 0 Å². The summed E-state index contributed by atoms with van der Waals surface area (Å²) in [6.07, 6.45) is 13.1. The fourth-order valence-electron chi connectivity index (χ4n) is 3.17. The van der Waals surface area contributed by atoms with E-state index in [1.165, 1.54) is 57.1 Å². The molecule has 0 spiro atoms. The molecule has 1 aliphatic rings. The van der Waals surface area contributed by atoms with Crippen molar-refractivity contribution in [1.82, 2.24) is 15.1 Å². The van der Waals surface area contributed by atoms with Gasteiger partial charge in [-0.3, -0.25) is 4.68 Å². The van der Waals surface area contributed by atoms with Crippen LogP contribution in [0.1, 0.15) is 70.0 Å². The number of rotatable bonds is 7. The number of nitrogens with one attached hydrogen (secondary N) is 1. The van der Waals surface area contributed by atoms with Crippen molar-refractivity contribution in [2.75, 3.05) is 6.54 Å². The molecule has 0 aliphatic heterocycles. The molecule has 1 aliphatic carbocycles. The van der Waals surface area contributed by atoms with Gasteiger partial charge < -0.3 is 5.32 Å². The minimum Gasteiger partial charge on any atom is -0.309 e. The van der Waals surface area contributed by atoms with Crippen molar-refractivity contribution >= 4 is 0 Å². The molecule has 1 aromatic heterocycles. The summed E-state index contributed by atoms with van der Waals surface area (Å²) in [6, 6.07) is 2.61. The fraction of sp³-hybridized carbons (Fsp3) is 0.812. The van der Waals surface area contributed by atoms with Crippen molar-refractivity contribution in [2.45, 2.75) is 64.3 Å². The summed E-state index contributed by atoms with van der Waals surface area (Å²) in [5, 5.41) is 8.24. The normalized spacial score (nSPS) is 18.6. The van der Waals surface area contributed by atoms with Crippen molar-refractivity contribution in [2.24, 2.45) is 13.0 Å². The first kappa shape index (κ1) is 14.6. The Hall–Kier alpha value is -0.830. The smallest absolute Gasteiger partial charge is 0.0793 e. The number of aryl methyl sites for hydroxylation is 1. The van der Waals surface area contributed by atoms with E-state index in [4.69, 9.17) is 0 Å². The monoisotopic (exact) mass is 263 g/mol. The maximum atomic E-state index is 4.58. The Balaban J connectivity index is 1.86. The molecule has 0 aromatic carbocycles. The quantitative estimate of drug-likeness (QED) is 0.810. The van der Waals surface area contributed by atoms with Gasteiger partial charge in [0, 0.05) is 13.2 Å². The van der Waals surface area contributed by atoms with Crippen LogP contribution < -0.4 is 5.32 Å². The molecule has 3 nitrogen and oxygen atoms in total. The van der Waals surface area contributed by atoms with Gasteiger partial charge in [0.05, 0.1) is 11.7 Å². The second-order valence-electron chi connectivity index (χ2n) is 6.00. The van der Waals surface area contributed by atoms with Gasteiger partial charge in [0.15, 0.2) is 0 Å². The van der Waals surface area contributed by atoms with Gasteiger partial charge in [-0.05, 0) is 37.8 Å². The molecule has 1 unspecified atom stereocenters. The third kappa shape index (κ3) is 4.64. The van der Waals surface area contributed by atoms with E-state index in [-0.39, 0.29) is 0 Å². The lowest BCUT2D eigenvalue weighted by Gasteiger charge is -2.24. The van der Waals surface area contributed by atoms with E-state index in [0.717, 1.165) is 12.5 Å². The van der Waals surface area contributed by atoms with Crippen LogP contribution >= 0.6 is 0 Å². The van der Waals surface area contributed by atoms with Gasteiger partial charge in [-0.1, -0.05) is 39.0 Å². The molecule has 19 heavy (non-hydrogen) atoms. The van der Waals surface area contributed by atoms with Gasteiger partial charge in [0.25, 0.3) is 0 Å². The molecule has 1 atom stereocenters. The standard InChI is InChI=1S/C16H29N3/c1-3-12-17-15(16-11-13-19(2)18-16)10-9-14-7-5-4-6-8-14/h11,13-15,17H,3-10,12H2,1-2H3. The highest BCUT2D eigenvalue weighted by Gasteiger charge is 2.18. The molecular formula is C16H29N3. The summed E-state index contributed by atoms with van der Waals surface area (Å²) in [5.41, 5.74) is 1.21. The molecule has 0 bridgehead atoms. The van der Waals surface area contributed by atoms with Gasteiger partial charge in [0.1, 0.15) is 0 Å². The molecule has 1 heterocycles. The molecule has 0 radical (unpaired) electrons. The van der Waals surface area contributed by atoms with Crippen molar-refractivity contribution in [3.05, 3.63) is 18.0 Å². The van der Waals surface area contributed by atoms with Crippen molar-refractivity contribution < 1.29 is 0 Å². The topological polar surface area (TPSA) is 29.9 Å². The largest absolute Gasteiger partial charge is 0.309 e. The average molecular weight is 263 g/mol. The second kappa shape index (κ2) is 7.68. The number of hydrogen-bond donors (Lipinski definition) is 1. The number of nitrogens with zero attached hydrogens (tertiary/aromatic N) is 2. The summed E-state index contributed by atoms with van der Waals surface area (Å²) >= 11 is 0. The predicted octanol–water partition coefficient (Wildman–Crippen LogP) is 3.82. The maximum Gasteiger partial charge on any atom is 0.0793 e. The first-order valence-electron chi connectivity index (χ1n) is 8.02. The van der Waals surface area contributed by atoms with Crippen LogP contribution in [0.5, 0.6) is 0 Å². The Morgan fingerprint density at radius 1 is 1.37 bits per heavy atom. The van der Waals surface area contributed by atoms with Crippen LogP contribution in [0.4, 0.5) is 0 Å². The predicted molar refractivity (Wildman–Crippen MR) is 80.1 cm³/mol. The van der Waals surface area contributed by atoms with Crippen molar-refractivity contribution in [1.29, 1.82) is 0 Å². The number of aromatic nitrogens is 2. The summed E-state index contributed by atoms with van der Waals surface area (Å²) in [6.45, 7) is 3.32. The second-order valence-corrected chi connectivity index (χ2v) is 6.00. The SMILES string of the molecule is CCCNC(CCC1CCCCC1)c1ccn(C)n1. The van der Waals surface area contributed by atoms with Gasteiger partial charge >= 0.3 is 0 Å². The molecular weight excluding hydrogens is 234 g/mol. The van der Waals surface area contributed by atoms with Gasteiger partial charge in [0.2, 0.25) is 0 Å². The third-order valence-electron chi connectivity index (χ3n) is 4.32. The molecule has 1 saturated carbocycles. The lowest BCUT2D eigenvalue weighted by Crippen LogP contribution is -2.23. The van der Waals surface area contributed by atoms with Gasteiger partial charge in [-0.2, -0.15) is 5.10 Å². The van der Waals surface area contributed by atoms with E-state index in [9.17, 15) is 0 Å². The van der Waals surface area contributed by atoms with Crippen molar-refractivity contribution in [3.63, 3.8) is 0 Å². The summed E-state index contributed by atoms with van der Waals surface area (Å²) < 4.78 is 1.91. The molecule has 3 heteroatoms. The zero-order valence-electron chi connectivity index (χ0n) is 12.6. The van der Waals surface area contributed by atoms with Crippen molar-refractivity contribution in [3.8, 4) is 0 Å². The maximum absolute atomic E-state index is 4.58. The van der Waals surface area contributed by atoms with E-state index >= 15 is 0 Å². The van der Waals surface area contributed by atoms with E-state index in [1.807, 2.05) is 11.7 Å². The Labute approximate surface area is 117 Å². The van der Waals surface area contributed by atoms with Crippen LogP contribution in [0.3, 0.4) is 0 Å². The fourth-order valence-corrected chi connectivity index (χ4v) is 3.17. The van der Waals surface area contributed by atoms with Gasteiger partial charge in [-0.25, -0.2) is 0 Å². The molecule has 2 rings (SSSR count). The first-order chi connectivity index (χ1) is 9.29. The lowest BCUT2D eigenvalue weighted by molar-refractivity contribution is 0.312. The van der Waals surface area contributed by atoms with E-state index in [1.54, 1.807) is 0 Å². The lowest BCUT2D eigenvalue weighted by atomic mass is 9.85. The molecule has 108 valence electrons. The summed E-state index contributed by atoms with van der Waals surface area (Å²) in [4.78, 5) is 0. The first-order valence-corrected chi connectivity index (χ1v) is 8.02. The van der Waals surface area contributed by atoms with Crippen LogP contribution in [0.15, 0.2) is 12.3 Å². The minimum absolute atomic E-state index is 0.447. The average Bonchev–Trinajstić information content (AvgIpc) is 2.86. The molecule has 1 aromatic rings. The minimum atomic E-state index is 0.447. The Kier molecular flexibility index (Phi) is 5.90. The van der Waals surface area contributed by atoms with Crippen LogP contribution in [0, 0.1) is 5.92 Å². The molecule has 1 fully saturated rings. The van der Waals surface area contributed by atoms with E-state index in [0.29, 0.717) is 6.04 Å². The summed E-state index contributed by atoms with van der Waals surface area (Å²) in [7, 11) is 2.00. The molecule has 1 N–H and O–H groups in total. The van der Waals surface area contributed by atoms with Crippen LogP contribution in [-0.2, 0) is 7.05 Å². The Bertz CT molecular complexity index is 353. The highest BCUT2D eigenvalue weighted by Crippen LogP contribution is 2.30. The van der Waals surface area contributed by atoms with E-state index < -0.39 is 0 Å². The van der Waals surface area contributed by atoms with E-state index in [2.05, 4.69) is 29.6 Å². The highest BCUT2D eigenvalue weighted by molar-refractivity contribution is 5.05. The Morgan fingerprint density at radius 3 is 2.79 bits per heavy atom. The van der Waals surface area contributed by atoms with Crippen LogP contribution in [0.25, 0.3) is 0 Å². The van der Waals surface area contributed by atoms with Crippen LogP contribution in [-0.4, -0.2) is 16.3 Å². The number of hydrogen-bond acceptors (Lipinski definition) is 2. The summed E-state index contributed by atoms with van der Waals surface area (Å²) in [5.74, 6) is 0.961. The highest BCUT2D eigenvalue weighted by atomic mass is 15.3. The Morgan fingerprint density at radius 2 is 2.16 bits per heavy atom. The third-order valence-corrected chi connectivity index (χ3v) is 4.32.